The molecule has 0 radical (unpaired) electrons. The largest absolute Gasteiger partial charge is 0.485 e. The summed E-state index contributed by atoms with van der Waals surface area (Å²) in [6.07, 6.45) is -0.320. The molecule has 0 saturated carbocycles. The van der Waals surface area contributed by atoms with Gasteiger partial charge in [0.2, 0.25) is 0 Å². The van der Waals surface area contributed by atoms with E-state index in [-0.39, 0.29) is 18.1 Å². The molecule has 4 aromatic rings. The predicted octanol–water partition coefficient (Wildman–Crippen LogP) is 5.54. The maximum atomic E-state index is 13.3. The molecule has 0 saturated heterocycles. The van der Waals surface area contributed by atoms with Crippen LogP contribution in [0.15, 0.2) is 91.0 Å². The number of carboxylic acids is 1. The van der Waals surface area contributed by atoms with E-state index < -0.39 is 23.7 Å². The van der Waals surface area contributed by atoms with Gasteiger partial charge in [-0.1, -0.05) is 72.8 Å². The highest BCUT2D eigenvalue weighted by Crippen LogP contribution is 2.33. The summed E-state index contributed by atoms with van der Waals surface area (Å²) in [6, 6.07) is 25.0. The van der Waals surface area contributed by atoms with Gasteiger partial charge in [-0.25, -0.2) is 9.18 Å². The van der Waals surface area contributed by atoms with Gasteiger partial charge in [0, 0.05) is 11.8 Å². The molecule has 2 N–H and O–H groups in total. The van der Waals surface area contributed by atoms with E-state index in [4.69, 9.17) is 4.74 Å². The second-order valence-corrected chi connectivity index (χ2v) is 8.03. The number of amides is 1. The standard InChI is InChI=1S/C28H24FNO4/c1-18(20-7-3-2-4-8-20)34-26-23-10-6-5-9-21(23)13-16-24(26)27(31)30-25(28(32)33)17-19-11-14-22(29)15-12-19/h2-16,18,25H,17H2,1H3,(H,30,31)(H,32,33)/t18?,25-/m0/s1. The van der Waals surface area contributed by atoms with E-state index in [1.807, 2.05) is 61.5 Å². The molecule has 0 aliphatic heterocycles. The third-order valence-electron chi connectivity index (χ3n) is 5.64. The molecule has 0 heterocycles. The summed E-state index contributed by atoms with van der Waals surface area (Å²) in [7, 11) is 0. The zero-order chi connectivity index (χ0) is 24.1. The Morgan fingerprint density at radius 3 is 2.29 bits per heavy atom. The van der Waals surface area contributed by atoms with Gasteiger partial charge in [0.15, 0.2) is 0 Å². The fourth-order valence-electron chi connectivity index (χ4n) is 3.81. The number of benzene rings is 4. The van der Waals surface area contributed by atoms with Crippen LogP contribution in [0.2, 0.25) is 0 Å². The van der Waals surface area contributed by atoms with Crippen LogP contribution in [0.3, 0.4) is 0 Å². The van der Waals surface area contributed by atoms with Crippen molar-refractivity contribution in [3.05, 3.63) is 114 Å². The minimum Gasteiger partial charge on any atom is -0.485 e. The lowest BCUT2D eigenvalue weighted by atomic mass is 10.0. The maximum absolute atomic E-state index is 13.3. The van der Waals surface area contributed by atoms with Gasteiger partial charge in [-0.15, -0.1) is 0 Å². The molecule has 1 unspecified atom stereocenters. The van der Waals surface area contributed by atoms with Gasteiger partial charge < -0.3 is 15.2 Å². The Kier molecular flexibility index (Phi) is 6.87. The van der Waals surface area contributed by atoms with Crippen LogP contribution in [0.4, 0.5) is 4.39 Å². The average Bonchev–Trinajstić information content (AvgIpc) is 2.85. The highest BCUT2D eigenvalue weighted by Gasteiger charge is 2.25. The topological polar surface area (TPSA) is 75.6 Å². The fourth-order valence-corrected chi connectivity index (χ4v) is 3.81. The maximum Gasteiger partial charge on any atom is 0.326 e. The number of fused-ring (bicyclic) bond motifs is 1. The van der Waals surface area contributed by atoms with Crippen LogP contribution < -0.4 is 10.1 Å². The number of ether oxygens (including phenoxy) is 1. The first-order chi connectivity index (χ1) is 16.4. The van der Waals surface area contributed by atoms with Crippen molar-refractivity contribution in [2.24, 2.45) is 0 Å². The van der Waals surface area contributed by atoms with Crippen molar-refractivity contribution in [3.63, 3.8) is 0 Å². The number of hydrogen-bond acceptors (Lipinski definition) is 3. The Morgan fingerprint density at radius 2 is 1.59 bits per heavy atom. The number of rotatable bonds is 8. The van der Waals surface area contributed by atoms with Crippen molar-refractivity contribution in [2.45, 2.75) is 25.5 Å². The molecule has 0 bridgehead atoms. The van der Waals surface area contributed by atoms with E-state index in [2.05, 4.69) is 5.32 Å². The molecule has 1 amide bonds. The predicted molar refractivity (Wildman–Crippen MR) is 128 cm³/mol. The number of carbonyl (C=O) groups excluding carboxylic acids is 1. The van der Waals surface area contributed by atoms with E-state index in [1.165, 1.54) is 24.3 Å². The van der Waals surface area contributed by atoms with Crippen molar-refractivity contribution in [2.75, 3.05) is 0 Å². The van der Waals surface area contributed by atoms with Crippen LogP contribution in [-0.4, -0.2) is 23.0 Å². The van der Waals surface area contributed by atoms with Gasteiger partial charge in [-0.3, -0.25) is 4.79 Å². The first-order valence-electron chi connectivity index (χ1n) is 10.9. The first-order valence-corrected chi connectivity index (χ1v) is 10.9. The van der Waals surface area contributed by atoms with Crippen LogP contribution in [0.5, 0.6) is 5.75 Å². The third kappa shape index (κ3) is 5.23. The first kappa shape index (κ1) is 23.0. The van der Waals surface area contributed by atoms with E-state index >= 15 is 0 Å². The number of hydrogen-bond donors (Lipinski definition) is 2. The summed E-state index contributed by atoms with van der Waals surface area (Å²) in [5.74, 6) is -1.77. The molecule has 2 atom stereocenters. The lowest BCUT2D eigenvalue weighted by molar-refractivity contribution is -0.139. The van der Waals surface area contributed by atoms with E-state index in [9.17, 15) is 19.1 Å². The Balaban J connectivity index is 1.65. The smallest absolute Gasteiger partial charge is 0.326 e. The SMILES string of the molecule is CC(Oc1c(C(=O)N[C@@H](Cc2ccc(F)cc2)C(=O)O)ccc2ccccc12)c1ccccc1. The molecule has 34 heavy (non-hydrogen) atoms. The summed E-state index contributed by atoms with van der Waals surface area (Å²) >= 11 is 0. The molecule has 0 aromatic heterocycles. The zero-order valence-corrected chi connectivity index (χ0v) is 18.6. The second kappa shape index (κ2) is 10.2. The molecule has 172 valence electrons. The highest BCUT2D eigenvalue weighted by atomic mass is 19.1. The summed E-state index contributed by atoms with van der Waals surface area (Å²) < 4.78 is 19.5. The van der Waals surface area contributed by atoms with Gasteiger partial charge in [-0.05, 0) is 41.6 Å². The minimum atomic E-state index is -1.19. The summed E-state index contributed by atoms with van der Waals surface area (Å²) in [5, 5.41) is 14.0. The van der Waals surface area contributed by atoms with Crippen molar-refractivity contribution in [3.8, 4) is 5.75 Å². The molecule has 6 heteroatoms. The van der Waals surface area contributed by atoms with Gasteiger partial charge in [0.05, 0.1) is 5.56 Å². The molecule has 0 aliphatic carbocycles. The number of halogens is 1. The number of carbonyl (C=O) groups is 2. The molecular weight excluding hydrogens is 433 g/mol. The fraction of sp³-hybridized carbons (Fsp3) is 0.143. The molecule has 4 rings (SSSR count). The quantitative estimate of drug-likeness (QED) is 0.364. The van der Waals surface area contributed by atoms with Gasteiger partial charge >= 0.3 is 5.97 Å². The summed E-state index contributed by atoms with van der Waals surface area (Å²) in [5.41, 5.74) is 1.79. The van der Waals surface area contributed by atoms with Crippen molar-refractivity contribution >= 4 is 22.6 Å². The number of carboxylic acid groups (broad SMARTS) is 1. The molecule has 4 aromatic carbocycles. The van der Waals surface area contributed by atoms with E-state index in [0.29, 0.717) is 11.3 Å². The number of nitrogens with one attached hydrogen (secondary N) is 1. The Morgan fingerprint density at radius 1 is 0.912 bits per heavy atom. The average molecular weight is 458 g/mol. The van der Waals surface area contributed by atoms with E-state index in [1.54, 1.807) is 12.1 Å². The molecule has 0 fully saturated rings. The molecule has 0 aliphatic rings. The minimum absolute atomic E-state index is 0.0194. The summed E-state index contributed by atoms with van der Waals surface area (Å²) in [4.78, 5) is 25.1. The Labute approximate surface area is 196 Å². The van der Waals surface area contributed by atoms with Crippen molar-refractivity contribution in [1.29, 1.82) is 0 Å². The van der Waals surface area contributed by atoms with Crippen molar-refractivity contribution < 1.29 is 23.8 Å². The van der Waals surface area contributed by atoms with E-state index in [0.717, 1.165) is 16.3 Å². The molecule has 0 spiro atoms. The van der Waals surface area contributed by atoms with Gasteiger partial charge in [0.1, 0.15) is 23.7 Å². The van der Waals surface area contributed by atoms with Crippen LogP contribution in [0.1, 0.15) is 34.5 Å². The lowest BCUT2D eigenvalue weighted by Crippen LogP contribution is -2.42. The van der Waals surface area contributed by atoms with Gasteiger partial charge in [-0.2, -0.15) is 0 Å². The van der Waals surface area contributed by atoms with Crippen LogP contribution in [0, 0.1) is 5.82 Å². The Bertz CT molecular complexity index is 1310. The zero-order valence-electron chi connectivity index (χ0n) is 18.6. The monoisotopic (exact) mass is 457 g/mol. The second-order valence-electron chi connectivity index (χ2n) is 8.03. The van der Waals surface area contributed by atoms with Crippen LogP contribution >= 0.6 is 0 Å². The molecular formula is C28H24FNO4. The van der Waals surface area contributed by atoms with Crippen molar-refractivity contribution in [1.82, 2.24) is 5.32 Å². The number of aliphatic carboxylic acids is 1. The molecule has 5 nitrogen and oxygen atoms in total. The normalized spacial score (nSPS) is 12.6. The van der Waals surface area contributed by atoms with Gasteiger partial charge in [0.25, 0.3) is 5.91 Å². The van der Waals surface area contributed by atoms with Crippen LogP contribution in [0.25, 0.3) is 10.8 Å². The lowest BCUT2D eigenvalue weighted by Gasteiger charge is -2.21. The third-order valence-corrected chi connectivity index (χ3v) is 5.64. The summed E-state index contributed by atoms with van der Waals surface area (Å²) in [6.45, 7) is 1.90. The van der Waals surface area contributed by atoms with Crippen LogP contribution in [-0.2, 0) is 11.2 Å². The highest BCUT2D eigenvalue weighted by molar-refractivity contribution is 6.04. The Hall–Kier alpha value is -4.19.